The van der Waals surface area contributed by atoms with Crippen molar-refractivity contribution >= 4 is 32.6 Å². The molecule has 24 heavy (non-hydrogen) atoms. The highest BCUT2D eigenvalue weighted by Crippen LogP contribution is 2.31. The number of anilines is 1. The fraction of sp³-hybridized carbons (Fsp3) is 0.300. The topological polar surface area (TPSA) is 42.0 Å². The van der Waals surface area contributed by atoms with E-state index < -0.39 is 0 Å². The fourth-order valence-corrected chi connectivity index (χ4v) is 4.15. The van der Waals surface area contributed by atoms with Crippen LogP contribution in [0, 0.1) is 34.6 Å². The van der Waals surface area contributed by atoms with Crippen molar-refractivity contribution in [2.75, 3.05) is 5.32 Å². The Balaban J connectivity index is 1.83. The molecule has 4 heteroatoms. The van der Waals surface area contributed by atoms with Crippen LogP contribution in [0.15, 0.2) is 24.3 Å². The van der Waals surface area contributed by atoms with E-state index in [0.29, 0.717) is 11.6 Å². The maximum Gasteiger partial charge on any atom is 0.230 e. The number of thiazole rings is 1. The van der Waals surface area contributed by atoms with Crippen LogP contribution in [0.5, 0.6) is 0 Å². The zero-order valence-corrected chi connectivity index (χ0v) is 15.6. The summed E-state index contributed by atoms with van der Waals surface area (Å²) in [4.78, 5) is 17.1. The monoisotopic (exact) mass is 338 g/mol. The van der Waals surface area contributed by atoms with Crippen LogP contribution < -0.4 is 5.32 Å². The van der Waals surface area contributed by atoms with Crippen molar-refractivity contribution in [3.8, 4) is 0 Å². The first-order valence-electron chi connectivity index (χ1n) is 8.08. The molecule has 1 heterocycles. The Labute approximate surface area is 146 Å². The molecule has 124 valence electrons. The van der Waals surface area contributed by atoms with Crippen molar-refractivity contribution in [2.24, 2.45) is 0 Å². The highest BCUT2D eigenvalue weighted by atomic mass is 32.1. The van der Waals surface area contributed by atoms with E-state index in [1.165, 1.54) is 22.3 Å². The van der Waals surface area contributed by atoms with Crippen LogP contribution in [0.2, 0.25) is 0 Å². The molecule has 0 unspecified atom stereocenters. The highest BCUT2D eigenvalue weighted by Gasteiger charge is 2.13. The minimum atomic E-state index is -0.0144. The van der Waals surface area contributed by atoms with Gasteiger partial charge < -0.3 is 5.32 Å². The number of benzene rings is 2. The van der Waals surface area contributed by atoms with Crippen molar-refractivity contribution in [3.63, 3.8) is 0 Å². The van der Waals surface area contributed by atoms with Gasteiger partial charge in [-0.3, -0.25) is 4.79 Å². The van der Waals surface area contributed by atoms with Gasteiger partial charge in [0.2, 0.25) is 5.91 Å². The van der Waals surface area contributed by atoms with E-state index in [-0.39, 0.29) is 5.91 Å². The zero-order valence-electron chi connectivity index (χ0n) is 14.8. The van der Waals surface area contributed by atoms with Crippen molar-refractivity contribution in [2.45, 2.75) is 41.0 Å². The van der Waals surface area contributed by atoms with E-state index in [0.717, 1.165) is 21.3 Å². The van der Waals surface area contributed by atoms with Gasteiger partial charge in [-0.15, -0.1) is 0 Å². The Kier molecular flexibility index (Phi) is 4.41. The minimum absolute atomic E-state index is 0.0144. The number of fused-ring (bicyclic) bond motifs is 1. The summed E-state index contributed by atoms with van der Waals surface area (Å²) in [6, 6.07) is 8.42. The first kappa shape index (κ1) is 16.7. The van der Waals surface area contributed by atoms with Gasteiger partial charge in [-0.2, -0.15) is 0 Å². The number of nitrogens with one attached hydrogen (secondary N) is 1. The number of hydrogen-bond acceptors (Lipinski definition) is 3. The lowest BCUT2D eigenvalue weighted by atomic mass is 9.97. The average molecular weight is 338 g/mol. The normalized spacial score (nSPS) is 11.0. The molecule has 1 N–H and O–H groups in total. The number of aryl methyl sites for hydroxylation is 5. The lowest BCUT2D eigenvalue weighted by Crippen LogP contribution is -2.15. The average Bonchev–Trinajstić information content (AvgIpc) is 2.92. The summed E-state index contributed by atoms with van der Waals surface area (Å²) in [6.45, 7) is 10.3. The number of carbonyl (C=O) groups excluding carboxylic acids is 1. The fourth-order valence-electron chi connectivity index (χ4n) is 3.13. The van der Waals surface area contributed by atoms with Gasteiger partial charge in [0.25, 0.3) is 0 Å². The number of aromatic nitrogens is 1. The predicted octanol–water partition coefficient (Wildman–Crippen LogP) is 5.02. The smallest absolute Gasteiger partial charge is 0.230 e. The summed E-state index contributed by atoms with van der Waals surface area (Å²) in [5.74, 6) is -0.0144. The highest BCUT2D eigenvalue weighted by molar-refractivity contribution is 7.22. The van der Waals surface area contributed by atoms with E-state index in [2.05, 4.69) is 62.3 Å². The largest absolute Gasteiger partial charge is 0.302 e. The molecule has 0 aliphatic carbocycles. The van der Waals surface area contributed by atoms with Crippen molar-refractivity contribution < 1.29 is 4.79 Å². The predicted molar refractivity (Wildman–Crippen MR) is 102 cm³/mol. The van der Waals surface area contributed by atoms with Crippen molar-refractivity contribution in [3.05, 3.63) is 57.6 Å². The second kappa shape index (κ2) is 6.36. The molecule has 0 aliphatic rings. The van der Waals surface area contributed by atoms with E-state index in [4.69, 9.17) is 0 Å². The summed E-state index contributed by atoms with van der Waals surface area (Å²) in [7, 11) is 0. The Morgan fingerprint density at radius 1 is 1.00 bits per heavy atom. The second-order valence-electron chi connectivity index (χ2n) is 6.50. The van der Waals surface area contributed by atoms with Crippen molar-refractivity contribution in [1.29, 1.82) is 0 Å². The molecule has 3 aromatic rings. The molecule has 2 aromatic carbocycles. The molecule has 0 bridgehead atoms. The Morgan fingerprint density at radius 2 is 1.62 bits per heavy atom. The number of rotatable bonds is 3. The standard InChI is InChI=1S/C20H22N2OS/c1-11-8-14(4)16(15(5)9-11)10-17(23)21-20-22-18-12(2)6-7-13(3)19(18)24-20/h6-9H,10H2,1-5H3,(H,21,22,23). The summed E-state index contributed by atoms with van der Waals surface area (Å²) in [5, 5.41) is 3.65. The third-order valence-electron chi connectivity index (χ3n) is 4.37. The molecule has 0 radical (unpaired) electrons. The molecule has 1 aromatic heterocycles. The van der Waals surface area contributed by atoms with Gasteiger partial charge in [0.15, 0.2) is 5.13 Å². The van der Waals surface area contributed by atoms with Gasteiger partial charge in [0, 0.05) is 0 Å². The van der Waals surface area contributed by atoms with Crippen LogP contribution in [0.1, 0.15) is 33.4 Å². The van der Waals surface area contributed by atoms with E-state index in [9.17, 15) is 4.79 Å². The molecule has 0 saturated carbocycles. The summed E-state index contributed by atoms with van der Waals surface area (Å²) >= 11 is 1.54. The molecule has 0 aliphatic heterocycles. The van der Waals surface area contributed by atoms with Gasteiger partial charge in [-0.25, -0.2) is 4.98 Å². The first-order chi connectivity index (χ1) is 11.3. The Hall–Kier alpha value is -2.20. The molecule has 1 amide bonds. The van der Waals surface area contributed by atoms with Gasteiger partial charge >= 0.3 is 0 Å². The maximum absolute atomic E-state index is 12.5. The van der Waals surface area contributed by atoms with Crippen LogP contribution in [0.3, 0.4) is 0 Å². The zero-order chi connectivity index (χ0) is 17.4. The lowest BCUT2D eigenvalue weighted by Gasteiger charge is -2.10. The lowest BCUT2D eigenvalue weighted by molar-refractivity contribution is -0.115. The number of hydrogen-bond donors (Lipinski definition) is 1. The van der Waals surface area contributed by atoms with Crippen LogP contribution in [-0.4, -0.2) is 10.9 Å². The second-order valence-corrected chi connectivity index (χ2v) is 7.50. The molecule has 0 atom stereocenters. The minimum Gasteiger partial charge on any atom is -0.302 e. The molecule has 0 fully saturated rings. The molecule has 0 spiro atoms. The van der Waals surface area contributed by atoms with Crippen LogP contribution in [-0.2, 0) is 11.2 Å². The van der Waals surface area contributed by atoms with Crippen LogP contribution in [0.25, 0.3) is 10.2 Å². The summed E-state index contributed by atoms with van der Waals surface area (Å²) < 4.78 is 1.15. The van der Waals surface area contributed by atoms with E-state index >= 15 is 0 Å². The molecule has 0 saturated heterocycles. The van der Waals surface area contributed by atoms with Gasteiger partial charge in [0.05, 0.1) is 16.6 Å². The van der Waals surface area contributed by atoms with E-state index in [1.54, 1.807) is 11.3 Å². The SMILES string of the molecule is Cc1cc(C)c(CC(=O)Nc2nc3c(C)ccc(C)c3s2)c(C)c1. The van der Waals surface area contributed by atoms with Gasteiger partial charge in [-0.05, 0) is 62.4 Å². The van der Waals surface area contributed by atoms with Crippen molar-refractivity contribution in [1.82, 2.24) is 4.98 Å². The third kappa shape index (κ3) is 3.20. The maximum atomic E-state index is 12.5. The molecule has 3 nitrogen and oxygen atoms in total. The first-order valence-corrected chi connectivity index (χ1v) is 8.90. The van der Waals surface area contributed by atoms with Crippen LogP contribution in [0.4, 0.5) is 5.13 Å². The quantitative estimate of drug-likeness (QED) is 0.728. The summed E-state index contributed by atoms with van der Waals surface area (Å²) in [5.41, 5.74) is 7.98. The number of amides is 1. The Morgan fingerprint density at radius 3 is 2.25 bits per heavy atom. The van der Waals surface area contributed by atoms with Gasteiger partial charge in [0.1, 0.15) is 0 Å². The molecular weight excluding hydrogens is 316 g/mol. The summed E-state index contributed by atoms with van der Waals surface area (Å²) in [6.07, 6.45) is 0.381. The number of nitrogens with zero attached hydrogens (tertiary/aromatic N) is 1. The number of carbonyl (C=O) groups is 1. The van der Waals surface area contributed by atoms with Gasteiger partial charge in [-0.1, -0.05) is 41.2 Å². The third-order valence-corrected chi connectivity index (χ3v) is 5.47. The molecule has 3 rings (SSSR count). The van der Waals surface area contributed by atoms with E-state index in [1.807, 2.05) is 6.92 Å². The van der Waals surface area contributed by atoms with Crippen LogP contribution >= 0.6 is 11.3 Å². The molecular formula is C20H22N2OS. The Bertz CT molecular complexity index is 878.